The molecule has 160 valence electrons. The Morgan fingerprint density at radius 2 is 2.13 bits per heavy atom. The average molecular weight is 413 g/mol. The van der Waals surface area contributed by atoms with Crippen molar-refractivity contribution >= 4 is 11.8 Å². The molecule has 0 aromatic carbocycles. The maximum absolute atomic E-state index is 12.9. The van der Waals surface area contributed by atoms with Gasteiger partial charge in [-0.25, -0.2) is 4.98 Å². The van der Waals surface area contributed by atoms with E-state index in [4.69, 9.17) is 9.47 Å². The average Bonchev–Trinajstić information content (AvgIpc) is 3.21. The summed E-state index contributed by atoms with van der Waals surface area (Å²) in [7, 11) is 0. The number of aromatic nitrogens is 3. The lowest BCUT2D eigenvalue weighted by Crippen LogP contribution is -2.41. The van der Waals surface area contributed by atoms with Gasteiger partial charge in [-0.2, -0.15) is 5.10 Å². The molecule has 2 aromatic heterocycles. The fourth-order valence-corrected chi connectivity index (χ4v) is 3.94. The van der Waals surface area contributed by atoms with Crippen molar-refractivity contribution in [1.29, 1.82) is 0 Å². The zero-order chi connectivity index (χ0) is 20.9. The highest BCUT2D eigenvalue weighted by Crippen LogP contribution is 2.24. The Morgan fingerprint density at radius 1 is 1.30 bits per heavy atom. The largest absolute Gasteiger partial charge is 0.491 e. The Morgan fingerprint density at radius 3 is 2.93 bits per heavy atom. The first kappa shape index (κ1) is 20.3. The van der Waals surface area contributed by atoms with Gasteiger partial charge in [0.2, 0.25) is 0 Å². The van der Waals surface area contributed by atoms with Crippen molar-refractivity contribution in [1.82, 2.24) is 25.0 Å². The Kier molecular flexibility index (Phi) is 6.27. The second kappa shape index (κ2) is 9.25. The van der Waals surface area contributed by atoms with Crippen LogP contribution in [0, 0.1) is 5.92 Å². The Labute approximate surface area is 175 Å². The Hall–Kier alpha value is -2.94. The van der Waals surface area contributed by atoms with Gasteiger partial charge in [0.15, 0.2) is 11.4 Å². The number of nitrogens with zero attached hydrogens (tertiary/aromatic N) is 4. The summed E-state index contributed by atoms with van der Waals surface area (Å²) in [6, 6.07) is 3.49. The third-order valence-corrected chi connectivity index (χ3v) is 5.55. The summed E-state index contributed by atoms with van der Waals surface area (Å²) in [4.78, 5) is 31.5. The van der Waals surface area contributed by atoms with Crippen LogP contribution in [0.15, 0.2) is 24.5 Å². The number of rotatable bonds is 6. The highest BCUT2D eigenvalue weighted by atomic mass is 16.5. The smallest absolute Gasteiger partial charge is 0.273 e. The summed E-state index contributed by atoms with van der Waals surface area (Å²) < 4.78 is 12.8. The van der Waals surface area contributed by atoms with Crippen LogP contribution in [-0.4, -0.2) is 70.9 Å². The molecule has 0 bridgehead atoms. The fourth-order valence-electron chi connectivity index (χ4n) is 3.94. The zero-order valence-corrected chi connectivity index (χ0v) is 17.2. The molecule has 2 aliphatic heterocycles. The van der Waals surface area contributed by atoms with Crippen molar-refractivity contribution in [3.8, 4) is 5.75 Å². The highest BCUT2D eigenvalue weighted by Gasteiger charge is 2.28. The van der Waals surface area contributed by atoms with Crippen LogP contribution in [0.3, 0.4) is 0 Å². The first-order chi connectivity index (χ1) is 14.7. The number of carbonyl (C=O) groups is 2. The lowest BCUT2D eigenvalue weighted by atomic mass is 9.94. The van der Waals surface area contributed by atoms with E-state index in [1.807, 2.05) is 16.5 Å². The van der Waals surface area contributed by atoms with Gasteiger partial charge in [0.05, 0.1) is 37.3 Å². The molecular weight excluding hydrogens is 386 g/mol. The van der Waals surface area contributed by atoms with Crippen LogP contribution in [0.25, 0.3) is 0 Å². The molecule has 1 atom stereocenters. The number of fused-ring (bicyclic) bond motifs is 1. The van der Waals surface area contributed by atoms with Crippen molar-refractivity contribution in [3.63, 3.8) is 0 Å². The highest BCUT2D eigenvalue weighted by molar-refractivity contribution is 5.95. The summed E-state index contributed by atoms with van der Waals surface area (Å²) in [6.07, 6.45) is 4.85. The molecule has 1 N–H and O–H groups in total. The quantitative estimate of drug-likeness (QED) is 0.763. The summed E-state index contributed by atoms with van der Waals surface area (Å²) in [5.41, 5.74) is 1.91. The number of nitrogens with one attached hydrogen (secondary N) is 1. The minimum Gasteiger partial charge on any atom is -0.491 e. The lowest BCUT2D eigenvalue weighted by Gasteiger charge is -2.28. The molecule has 4 rings (SSSR count). The molecule has 30 heavy (non-hydrogen) atoms. The number of morpholine rings is 1. The molecule has 0 aliphatic carbocycles. The number of amides is 2. The van der Waals surface area contributed by atoms with Crippen LogP contribution in [0.4, 0.5) is 0 Å². The van der Waals surface area contributed by atoms with Gasteiger partial charge in [-0.15, -0.1) is 0 Å². The molecule has 2 amide bonds. The van der Waals surface area contributed by atoms with E-state index in [-0.39, 0.29) is 17.7 Å². The number of pyridine rings is 1. The third kappa shape index (κ3) is 4.30. The van der Waals surface area contributed by atoms with E-state index in [9.17, 15) is 9.59 Å². The van der Waals surface area contributed by atoms with Crippen LogP contribution in [0.5, 0.6) is 5.75 Å². The van der Waals surface area contributed by atoms with Gasteiger partial charge in [0.25, 0.3) is 11.8 Å². The molecule has 0 saturated carbocycles. The topological polar surface area (TPSA) is 98.6 Å². The van der Waals surface area contributed by atoms with Crippen LogP contribution in [-0.2, 0) is 17.7 Å². The predicted molar refractivity (Wildman–Crippen MR) is 108 cm³/mol. The fraction of sp³-hybridized carbons (Fsp3) is 0.524. The van der Waals surface area contributed by atoms with Crippen molar-refractivity contribution in [3.05, 3.63) is 41.5 Å². The first-order valence-corrected chi connectivity index (χ1v) is 10.4. The molecule has 0 unspecified atom stereocenters. The van der Waals surface area contributed by atoms with Gasteiger partial charge in [0.1, 0.15) is 0 Å². The minimum atomic E-state index is -0.247. The lowest BCUT2D eigenvalue weighted by molar-refractivity contribution is 0.0301. The van der Waals surface area contributed by atoms with Gasteiger partial charge < -0.3 is 19.7 Å². The Bertz CT molecular complexity index is 907. The van der Waals surface area contributed by atoms with Gasteiger partial charge in [0, 0.05) is 32.4 Å². The summed E-state index contributed by atoms with van der Waals surface area (Å²) >= 11 is 0. The summed E-state index contributed by atoms with van der Waals surface area (Å²) in [5.74, 6) is 0.480. The number of hydrogen-bond donors (Lipinski definition) is 1. The van der Waals surface area contributed by atoms with E-state index in [2.05, 4.69) is 15.4 Å². The number of ether oxygens (including phenoxy) is 2. The molecule has 2 aliphatic rings. The molecule has 0 spiro atoms. The zero-order valence-electron chi connectivity index (χ0n) is 17.2. The van der Waals surface area contributed by atoms with Crippen molar-refractivity contribution in [2.45, 2.75) is 26.3 Å². The van der Waals surface area contributed by atoms with E-state index < -0.39 is 0 Å². The molecule has 9 heteroatoms. The summed E-state index contributed by atoms with van der Waals surface area (Å²) in [5, 5.41) is 7.39. The van der Waals surface area contributed by atoms with Crippen LogP contribution in [0.2, 0.25) is 0 Å². The van der Waals surface area contributed by atoms with E-state index in [0.717, 1.165) is 18.7 Å². The van der Waals surface area contributed by atoms with E-state index in [1.165, 1.54) is 0 Å². The Balaban J connectivity index is 1.39. The molecule has 0 radical (unpaired) electrons. The number of carbonyl (C=O) groups excluding carboxylic acids is 2. The first-order valence-electron chi connectivity index (χ1n) is 10.4. The molecule has 9 nitrogen and oxygen atoms in total. The van der Waals surface area contributed by atoms with Crippen LogP contribution in [0.1, 0.15) is 39.9 Å². The normalized spacial score (nSPS) is 18.6. The standard InChI is InChI=1S/C21H27N5O4/c1-2-30-18-4-3-6-22-19(18)20(27)23-13-15-5-7-26-17(12-15)16(14-24-26)21(28)25-8-10-29-11-9-25/h3-4,6,14-15H,2,5,7-13H2,1H3,(H,23,27)/t15-/m1/s1. The van der Waals surface area contributed by atoms with Crippen molar-refractivity contribution < 1.29 is 19.1 Å². The minimum absolute atomic E-state index is 0.0130. The van der Waals surface area contributed by atoms with Gasteiger partial charge in [-0.05, 0) is 37.8 Å². The van der Waals surface area contributed by atoms with Crippen molar-refractivity contribution in [2.24, 2.45) is 5.92 Å². The SMILES string of the molecule is CCOc1cccnc1C(=O)NC[C@@H]1CCn2ncc(C(=O)N3CCOCC3)c2C1. The van der Waals surface area contributed by atoms with E-state index >= 15 is 0 Å². The van der Waals surface area contributed by atoms with E-state index in [0.29, 0.717) is 62.9 Å². The number of aryl methyl sites for hydroxylation is 1. The van der Waals surface area contributed by atoms with Gasteiger partial charge in [-0.1, -0.05) is 0 Å². The maximum Gasteiger partial charge on any atom is 0.273 e. The molecule has 1 saturated heterocycles. The van der Waals surface area contributed by atoms with Gasteiger partial charge >= 0.3 is 0 Å². The summed E-state index contributed by atoms with van der Waals surface area (Å²) in [6.45, 7) is 5.94. The second-order valence-electron chi connectivity index (χ2n) is 7.48. The predicted octanol–water partition coefficient (Wildman–Crippen LogP) is 1.14. The monoisotopic (exact) mass is 413 g/mol. The third-order valence-electron chi connectivity index (χ3n) is 5.55. The second-order valence-corrected chi connectivity index (χ2v) is 7.48. The molecule has 4 heterocycles. The van der Waals surface area contributed by atoms with Crippen molar-refractivity contribution in [2.75, 3.05) is 39.5 Å². The van der Waals surface area contributed by atoms with Gasteiger partial charge in [-0.3, -0.25) is 14.3 Å². The molecule has 2 aromatic rings. The molecular formula is C21H27N5O4. The maximum atomic E-state index is 12.9. The van der Waals surface area contributed by atoms with Crippen LogP contribution < -0.4 is 10.1 Å². The van der Waals surface area contributed by atoms with E-state index in [1.54, 1.807) is 24.5 Å². The van der Waals surface area contributed by atoms with Crippen LogP contribution >= 0.6 is 0 Å². The number of hydrogen-bond acceptors (Lipinski definition) is 6. The molecule has 1 fully saturated rings.